The molecule has 0 aliphatic rings. The molecule has 0 heterocycles. The largest absolute Gasteiger partial charge is 0.508 e. The normalized spacial score (nSPS) is 10.6. The molecule has 0 aliphatic heterocycles. The molecule has 18 heavy (non-hydrogen) atoms. The van der Waals surface area contributed by atoms with E-state index in [4.69, 9.17) is 0 Å². The van der Waals surface area contributed by atoms with E-state index in [1.165, 1.54) is 18.2 Å². The van der Waals surface area contributed by atoms with Gasteiger partial charge >= 0.3 is 0 Å². The summed E-state index contributed by atoms with van der Waals surface area (Å²) < 4.78 is 0. The Labute approximate surface area is 107 Å². The van der Waals surface area contributed by atoms with Gasteiger partial charge < -0.3 is 20.4 Å². The van der Waals surface area contributed by atoms with Crippen LogP contribution in [0.2, 0.25) is 0 Å². The van der Waals surface area contributed by atoms with Crippen molar-refractivity contribution in [2.24, 2.45) is 0 Å². The lowest BCUT2D eigenvalue weighted by Crippen LogP contribution is -2.25. The van der Waals surface area contributed by atoms with Gasteiger partial charge in [-0.3, -0.25) is 4.79 Å². The van der Waals surface area contributed by atoms with E-state index in [2.05, 4.69) is 10.2 Å². The van der Waals surface area contributed by atoms with Crippen molar-refractivity contribution in [3.8, 4) is 11.5 Å². The zero-order valence-corrected chi connectivity index (χ0v) is 10.8. The molecule has 0 atom stereocenters. The minimum atomic E-state index is -0.286. The molecule has 1 amide bonds. The van der Waals surface area contributed by atoms with Gasteiger partial charge in [-0.25, -0.2) is 0 Å². The summed E-state index contributed by atoms with van der Waals surface area (Å²) in [4.78, 5) is 13.8. The molecule has 1 rings (SSSR count). The molecule has 0 saturated carbocycles. The third-order valence-corrected chi connectivity index (χ3v) is 2.48. The summed E-state index contributed by atoms with van der Waals surface area (Å²) in [5, 5.41) is 21.3. The average Bonchev–Trinajstić information content (AvgIpc) is 2.26. The quantitative estimate of drug-likeness (QED) is 0.664. The molecule has 0 spiro atoms. The number of carbonyl (C=O) groups is 1. The van der Waals surface area contributed by atoms with E-state index >= 15 is 0 Å². The maximum atomic E-state index is 11.7. The number of nitrogens with zero attached hydrogens (tertiary/aromatic N) is 1. The molecular weight excluding hydrogens is 232 g/mol. The van der Waals surface area contributed by atoms with Crippen LogP contribution < -0.4 is 5.32 Å². The smallest absolute Gasteiger partial charge is 0.251 e. The van der Waals surface area contributed by atoms with Crippen molar-refractivity contribution in [3.05, 3.63) is 23.8 Å². The summed E-state index contributed by atoms with van der Waals surface area (Å²) in [6.07, 6.45) is 1.91. The minimum Gasteiger partial charge on any atom is -0.508 e. The first-order valence-electron chi connectivity index (χ1n) is 5.95. The molecule has 5 heteroatoms. The molecule has 3 N–H and O–H groups in total. The number of nitrogens with one attached hydrogen (secondary N) is 1. The number of benzene rings is 1. The summed E-state index contributed by atoms with van der Waals surface area (Å²) >= 11 is 0. The van der Waals surface area contributed by atoms with Crippen LogP contribution in [0.15, 0.2) is 18.2 Å². The lowest BCUT2D eigenvalue weighted by atomic mass is 10.2. The second-order valence-electron chi connectivity index (χ2n) is 4.50. The highest BCUT2D eigenvalue weighted by atomic mass is 16.3. The number of amides is 1. The van der Waals surface area contributed by atoms with Crippen LogP contribution in [0.4, 0.5) is 0 Å². The molecule has 0 aliphatic carbocycles. The first-order valence-corrected chi connectivity index (χ1v) is 5.95. The number of phenols is 2. The van der Waals surface area contributed by atoms with Gasteiger partial charge in [0.15, 0.2) is 0 Å². The highest BCUT2D eigenvalue weighted by Crippen LogP contribution is 2.20. The Morgan fingerprint density at radius 3 is 2.33 bits per heavy atom. The van der Waals surface area contributed by atoms with Gasteiger partial charge in [0.2, 0.25) is 0 Å². The van der Waals surface area contributed by atoms with Gasteiger partial charge in [-0.1, -0.05) is 0 Å². The Balaban J connectivity index is 2.36. The summed E-state index contributed by atoms with van der Waals surface area (Å²) in [6.45, 7) is 1.58. The summed E-state index contributed by atoms with van der Waals surface area (Å²) in [6, 6.07) is 3.84. The summed E-state index contributed by atoms with van der Waals surface area (Å²) in [7, 11) is 4.02. The van der Waals surface area contributed by atoms with Gasteiger partial charge in [-0.15, -0.1) is 0 Å². The highest BCUT2D eigenvalue weighted by Gasteiger charge is 2.07. The zero-order valence-electron chi connectivity index (χ0n) is 10.8. The van der Waals surface area contributed by atoms with Crippen LogP contribution in [-0.2, 0) is 0 Å². The van der Waals surface area contributed by atoms with E-state index in [1.807, 2.05) is 14.1 Å². The molecule has 1 aromatic carbocycles. The summed E-state index contributed by atoms with van der Waals surface area (Å²) in [5.74, 6) is -0.522. The number of rotatable bonds is 6. The number of carbonyl (C=O) groups excluding carboxylic acids is 1. The number of unbranched alkanes of at least 4 members (excludes halogenated alkanes) is 1. The molecule has 0 unspecified atom stereocenters. The molecule has 0 saturated heterocycles. The third-order valence-electron chi connectivity index (χ3n) is 2.48. The van der Waals surface area contributed by atoms with Crippen molar-refractivity contribution >= 4 is 5.91 Å². The van der Waals surface area contributed by atoms with Crippen molar-refractivity contribution in [2.75, 3.05) is 27.2 Å². The molecule has 100 valence electrons. The van der Waals surface area contributed by atoms with Crippen LogP contribution in [0.5, 0.6) is 11.5 Å². The van der Waals surface area contributed by atoms with Gasteiger partial charge in [0.1, 0.15) is 11.5 Å². The van der Waals surface area contributed by atoms with Gasteiger partial charge in [-0.2, -0.15) is 0 Å². The molecule has 0 bridgehead atoms. The predicted molar refractivity (Wildman–Crippen MR) is 69.9 cm³/mol. The average molecular weight is 252 g/mol. The molecular formula is C13H20N2O3. The first kappa shape index (κ1) is 14.3. The van der Waals surface area contributed by atoms with E-state index in [9.17, 15) is 15.0 Å². The van der Waals surface area contributed by atoms with Crippen LogP contribution in [0.25, 0.3) is 0 Å². The van der Waals surface area contributed by atoms with Crippen molar-refractivity contribution in [1.82, 2.24) is 10.2 Å². The van der Waals surface area contributed by atoms with Crippen LogP contribution in [0.1, 0.15) is 23.2 Å². The van der Waals surface area contributed by atoms with E-state index < -0.39 is 0 Å². The molecule has 0 radical (unpaired) electrons. The predicted octanol–water partition coefficient (Wildman–Crippen LogP) is 1.17. The minimum absolute atomic E-state index is 0.118. The monoisotopic (exact) mass is 252 g/mol. The first-order chi connectivity index (χ1) is 8.49. The van der Waals surface area contributed by atoms with E-state index in [0.717, 1.165) is 19.4 Å². The Hall–Kier alpha value is -1.75. The Kier molecular flexibility index (Phi) is 5.45. The van der Waals surface area contributed by atoms with Crippen LogP contribution in [0, 0.1) is 0 Å². The SMILES string of the molecule is CN(C)CCCCNC(=O)c1cc(O)cc(O)c1. The van der Waals surface area contributed by atoms with Crippen LogP contribution in [0.3, 0.4) is 0 Å². The van der Waals surface area contributed by atoms with Crippen molar-refractivity contribution in [2.45, 2.75) is 12.8 Å². The van der Waals surface area contributed by atoms with Crippen molar-refractivity contribution in [1.29, 1.82) is 0 Å². The Morgan fingerprint density at radius 1 is 1.17 bits per heavy atom. The molecule has 1 aromatic rings. The third kappa shape index (κ3) is 5.05. The van der Waals surface area contributed by atoms with E-state index in [0.29, 0.717) is 6.54 Å². The number of aromatic hydroxyl groups is 2. The van der Waals surface area contributed by atoms with Crippen molar-refractivity contribution < 1.29 is 15.0 Å². The summed E-state index contributed by atoms with van der Waals surface area (Å²) in [5.41, 5.74) is 0.264. The lowest BCUT2D eigenvalue weighted by Gasteiger charge is -2.09. The second kappa shape index (κ2) is 6.86. The number of phenolic OH excluding ortho intramolecular Hbond substituents is 2. The Bertz CT molecular complexity index is 385. The zero-order chi connectivity index (χ0) is 13.5. The van der Waals surface area contributed by atoms with Crippen LogP contribution >= 0.6 is 0 Å². The maximum absolute atomic E-state index is 11.7. The van der Waals surface area contributed by atoms with Crippen LogP contribution in [-0.4, -0.2) is 48.2 Å². The van der Waals surface area contributed by atoms with E-state index in [-0.39, 0.29) is 23.0 Å². The van der Waals surface area contributed by atoms with Gasteiger partial charge in [0.05, 0.1) is 0 Å². The van der Waals surface area contributed by atoms with E-state index in [1.54, 1.807) is 0 Å². The maximum Gasteiger partial charge on any atom is 0.251 e. The fourth-order valence-electron chi connectivity index (χ4n) is 1.58. The van der Waals surface area contributed by atoms with Gasteiger partial charge in [-0.05, 0) is 45.6 Å². The van der Waals surface area contributed by atoms with Gasteiger partial charge in [0.25, 0.3) is 5.91 Å². The number of hydrogen-bond acceptors (Lipinski definition) is 4. The van der Waals surface area contributed by atoms with Gasteiger partial charge in [0, 0.05) is 18.2 Å². The topological polar surface area (TPSA) is 72.8 Å². The number of hydrogen-bond donors (Lipinski definition) is 3. The second-order valence-corrected chi connectivity index (χ2v) is 4.50. The molecule has 0 fully saturated rings. The fourth-order valence-corrected chi connectivity index (χ4v) is 1.58. The van der Waals surface area contributed by atoms with Crippen molar-refractivity contribution in [3.63, 3.8) is 0 Å². The fraction of sp³-hybridized carbons (Fsp3) is 0.462. The lowest BCUT2D eigenvalue weighted by molar-refractivity contribution is 0.0952. The highest BCUT2D eigenvalue weighted by molar-refractivity contribution is 5.94. The standard InChI is InChI=1S/C13H20N2O3/c1-15(2)6-4-3-5-14-13(18)10-7-11(16)9-12(17)8-10/h7-9,16-17H,3-6H2,1-2H3,(H,14,18). The Morgan fingerprint density at radius 2 is 1.78 bits per heavy atom. The molecule has 5 nitrogen and oxygen atoms in total. The molecule has 0 aromatic heterocycles.